The highest BCUT2D eigenvalue weighted by molar-refractivity contribution is 6.04. The van der Waals surface area contributed by atoms with Crippen molar-refractivity contribution in [1.82, 2.24) is 9.97 Å². The topological polar surface area (TPSA) is 84.1 Å². The Labute approximate surface area is 174 Å². The Balaban J connectivity index is 1.58. The van der Waals surface area contributed by atoms with Gasteiger partial charge in [-0.3, -0.25) is 14.6 Å². The number of carbonyl (C=O) groups excluding carboxylic acids is 2. The third-order valence-corrected chi connectivity index (χ3v) is 5.90. The second-order valence-electron chi connectivity index (χ2n) is 7.59. The zero-order valence-electron chi connectivity index (χ0n) is 16.7. The minimum atomic E-state index is -0.306. The van der Waals surface area contributed by atoms with Gasteiger partial charge < -0.3 is 15.0 Å². The summed E-state index contributed by atoms with van der Waals surface area (Å²) < 4.78 is 5.36. The van der Waals surface area contributed by atoms with E-state index in [-0.39, 0.29) is 11.7 Å². The number of rotatable bonds is 4. The Kier molecular flexibility index (Phi) is 4.28. The van der Waals surface area contributed by atoms with Crippen molar-refractivity contribution in [2.75, 3.05) is 12.4 Å². The number of amides is 1. The Morgan fingerprint density at radius 1 is 1.23 bits per heavy atom. The predicted octanol–water partition coefficient (Wildman–Crippen LogP) is 4.10. The van der Waals surface area contributed by atoms with Gasteiger partial charge in [0.15, 0.2) is 5.78 Å². The number of benzene rings is 1. The van der Waals surface area contributed by atoms with Gasteiger partial charge in [-0.05, 0) is 60.7 Å². The lowest BCUT2D eigenvalue weighted by Gasteiger charge is -2.18. The van der Waals surface area contributed by atoms with Crippen LogP contribution in [0.4, 0.5) is 5.69 Å². The molecule has 0 unspecified atom stereocenters. The summed E-state index contributed by atoms with van der Waals surface area (Å²) in [6.45, 7) is 3.50. The Bertz CT molecular complexity index is 1220. The minimum absolute atomic E-state index is 0.248. The molecule has 1 aromatic carbocycles. The number of Topliss-reactive ketones (excluding diaryl/α,β-unsaturated/α-hetero) is 1. The number of anilines is 1. The lowest BCUT2D eigenvalue weighted by atomic mass is 9.88. The Hall–Kier alpha value is -3.67. The number of carbonyl (C=O) groups is 2. The molecule has 0 bridgehead atoms. The van der Waals surface area contributed by atoms with Gasteiger partial charge in [-0.1, -0.05) is 6.58 Å². The summed E-state index contributed by atoms with van der Waals surface area (Å²) in [7, 11) is 1.56. The van der Waals surface area contributed by atoms with E-state index in [2.05, 4.69) is 27.9 Å². The van der Waals surface area contributed by atoms with E-state index in [4.69, 9.17) is 4.74 Å². The van der Waals surface area contributed by atoms with Crippen LogP contribution in [-0.2, 0) is 24.1 Å². The maximum Gasteiger partial charge on any atom is 0.247 e. The molecule has 0 saturated carbocycles. The molecule has 5 rings (SSSR count). The van der Waals surface area contributed by atoms with Crippen LogP contribution in [0.15, 0.2) is 43.1 Å². The molecule has 0 saturated heterocycles. The van der Waals surface area contributed by atoms with Crippen LogP contribution in [0.5, 0.6) is 5.75 Å². The van der Waals surface area contributed by atoms with E-state index in [0.29, 0.717) is 17.9 Å². The van der Waals surface area contributed by atoms with Gasteiger partial charge in [-0.25, -0.2) is 0 Å². The van der Waals surface area contributed by atoms with Crippen LogP contribution in [0.25, 0.3) is 22.5 Å². The molecule has 2 aromatic heterocycles. The number of ketones is 1. The van der Waals surface area contributed by atoms with Crippen molar-refractivity contribution in [3.63, 3.8) is 0 Å². The summed E-state index contributed by atoms with van der Waals surface area (Å²) >= 11 is 0. The van der Waals surface area contributed by atoms with Gasteiger partial charge in [0.25, 0.3) is 0 Å². The average Bonchev–Trinajstić information content (AvgIpc) is 3.33. The Morgan fingerprint density at radius 3 is 2.90 bits per heavy atom. The number of methoxy groups -OCH3 is 1. The highest BCUT2D eigenvalue weighted by atomic mass is 16.5. The second kappa shape index (κ2) is 6.99. The highest BCUT2D eigenvalue weighted by Crippen LogP contribution is 2.40. The first kappa shape index (κ1) is 18.4. The number of aryl methyl sites for hydroxylation is 2. The molecule has 150 valence electrons. The summed E-state index contributed by atoms with van der Waals surface area (Å²) in [6.07, 6.45) is 6.26. The number of nitrogens with one attached hydrogen (secondary N) is 2. The summed E-state index contributed by atoms with van der Waals surface area (Å²) in [5.41, 5.74) is 8.65. The van der Waals surface area contributed by atoms with Crippen molar-refractivity contribution in [3.05, 3.63) is 65.5 Å². The van der Waals surface area contributed by atoms with Gasteiger partial charge in [-0.15, -0.1) is 0 Å². The molecule has 1 amide bonds. The van der Waals surface area contributed by atoms with Crippen LogP contribution < -0.4 is 10.1 Å². The smallest absolute Gasteiger partial charge is 0.247 e. The molecule has 0 radical (unpaired) electrons. The normalized spacial score (nSPS) is 14.0. The lowest BCUT2D eigenvalue weighted by molar-refractivity contribution is -0.111. The van der Waals surface area contributed by atoms with E-state index in [1.807, 2.05) is 24.4 Å². The van der Waals surface area contributed by atoms with Crippen LogP contribution >= 0.6 is 0 Å². The van der Waals surface area contributed by atoms with Crippen LogP contribution in [-0.4, -0.2) is 28.8 Å². The summed E-state index contributed by atoms with van der Waals surface area (Å²) in [6, 6.07) is 7.63. The standard InChI is InChI=1S/C24H21N3O3/c1-3-22(29)26-19-10-13(5-9-21(19)30-2)18-11-16-14(12-25-18)4-6-15-23-17(27-24(15)16)7-8-20(23)28/h3,5,9-12,27H,1,4,6-8H2,2H3,(H,26,29). The number of H-pyrrole nitrogens is 1. The van der Waals surface area contributed by atoms with Crippen molar-refractivity contribution >= 4 is 17.4 Å². The van der Waals surface area contributed by atoms with E-state index in [9.17, 15) is 9.59 Å². The molecule has 2 heterocycles. The minimum Gasteiger partial charge on any atom is -0.495 e. The van der Waals surface area contributed by atoms with Gasteiger partial charge in [0.05, 0.1) is 18.5 Å². The summed E-state index contributed by atoms with van der Waals surface area (Å²) in [5.74, 6) is 0.505. The van der Waals surface area contributed by atoms with Crippen molar-refractivity contribution < 1.29 is 14.3 Å². The van der Waals surface area contributed by atoms with E-state index < -0.39 is 0 Å². The van der Waals surface area contributed by atoms with E-state index in [0.717, 1.165) is 58.6 Å². The SMILES string of the molecule is C=CC(=O)Nc1cc(-c2cc3c(cn2)CCc2c-3[nH]c3c2C(=O)CC3)ccc1OC. The first-order valence-electron chi connectivity index (χ1n) is 9.97. The molecule has 30 heavy (non-hydrogen) atoms. The lowest BCUT2D eigenvalue weighted by Crippen LogP contribution is -2.09. The number of hydrogen-bond donors (Lipinski definition) is 2. The zero-order valence-corrected chi connectivity index (χ0v) is 16.7. The molecule has 0 spiro atoms. The molecule has 2 N–H and O–H groups in total. The first-order valence-corrected chi connectivity index (χ1v) is 9.97. The monoisotopic (exact) mass is 399 g/mol. The van der Waals surface area contributed by atoms with Crippen molar-refractivity contribution in [1.29, 1.82) is 0 Å². The fraction of sp³-hybridized carbons (Fsp3) is 0.208. The summed E-state index contributed by atoms with van der Waals surface area (Å²) in [4.78, 5) is 32.3. The molecule has 3 aromatic rings. The van der Waals surface area contributed by atoms with Gasteiger partial charge in [0.2, 0.25) is 5.91 Å². The van der Waals surface area contributed by atoms with Crippen LogP contribution in [0.1, 0.15) is 33.6 Å². The van der Waals surface area contributed by atoms with Crippen molar-refractivity contribution in [2.45, 2.75) is 25.7 Å². The van der Waals surface area contributed by atoms with Crippen molar-refractivity contribution in [2.24, 2.45) is 0 Å². The second-order valence-corrected chi connectivity index (χ2v) is 7.59. The Morgan fingerprint density at radius 2 is 2.10 bits per heavy atom. The number of fused-ring (bicyclic) bond motifs is 5. The van der Waals surface area contributed by atoms with E-state index in [1.165, 1.54) is 11.6 Å². The molecule has 0 fully saturated rings. The number of nitrogens with zero attached hydrogens (tertiary/aromatic N) is 1. The van der Waals surface area contributed by atoms with Gasteiger partial charge >= 0.3 is 0 Å². The fourth-order valence-corrected chi connectivity index (χ4v) is 4.45. The number of aromatic amines is 1. The quantitative estimate of drug-likeness (QED) is 0.647. The van der Waals surface area contributed by atoms with Gasteiger partial charge in [-0.2, -0.15) is 0 Å². The zero-order chi connectivity index (χ0) is 20.8. The van der Waals surface area contributed by atoms with E-state index >= 15 is 0 Å². The number of aromatic nitrogens is 2. The molecule has 2 aliphatic carbocycles. The maximum absolute atomic E-state index is 12.3. The molecule has 2 aliphatic rings. The third kappa shape index (κ3) is 2.84. The van der Waals surface area contributed by atoms with Crippen LogP contribution in [0, 0.1) is 0 Å². The molecular weight excluding hydrogens is 378 g/mol. The van der Waals surface area contributed by atoms with Crippen molar-refractivity contribution in [3.8, 4) is 28.3 Å². The fourth-order valence-electron chi connectivity index (χ4n) is 4.45. The molecular formula is C24H21N3O3. The molecule has 6 heteroatoms. The van der Waals surface area contributed by atoms with Gasteiger partial charge in [0.1, 0.15) is 5.75 Å². The number of ether oxygens (including phenoxy) is 1. The first-order chi connectivity index (χ1) is 14.6. The predicted molar refractivity (Wildman–Crippen MR) is 115 cm³/mol. The number of hydrogen-bond acceptors (Lipinski definition) is 4. The van der Waals surface area contributed by atoms with Crippen LogP contribution in [0.3, 0.4) is 0 Å². The maximum atomic E-state index is 12.3. The largest absolute Gasteiger partial charge is 0.495 e. The third-order valence-electron chi connectivity index (χ3n) is 5.90. The van der Waals surface area contributed by atoms with E-state index in [1.54, 1.807) is 7.11 Å². The molecule has 0 atom stereocenters. The molecule has 6 nitrogen and oxygen atoms in total. The summed E-state index contributed by atoms with van der Waals surface area (Å²) in [5, 5.41) is 2.78. The van der Waals surface area contributed by atoms with Gasteiger partial charge in [0, 0.05) is 40.7 Å². The average molecular weight is 399 g/mol. The van der Waals surface area contributed by atoms with Crippen LogP contribution in [0.2, 0.25) is 0 Å². The number of pyridine rings is 1. The highest BCUT2D eigenvalue weighted by Gasteiger charge is 2.31. The molecule has 0 aliphatic heterocycles.